The lowest BCUT2D eigenvalue weighted by atomic mass is 9.92. The quantitative estimate of drug-likeness (QED) is 0.437. The smallest absolute Gasteiger partial charge is 0.219 e. The topological polar surface area (TPSA) is 107 Å². The maximum absolute atomic E-state index is 12.2. The molecule has 180 valence electrons. The molecular weight excluding hydrogens is 438 g/mol. The van der Waals surface area contributed by atoms with Crippen molar-refractivity contribution < 1.29 is 4.79 Å². The van der Waals surface area contributed by atoms with Gasteiger partial charge < -0.3 is 20.9 Å². The van der Waals surface area contributed by atoms with E-state index in [-0.39, 0.29) is 17.9 Å². The molecule has 0 radical (unpaired) electrons. The fourth-order valence-electron chi connectivity index (χ4n) is 4.42. The van der Waals surface area contributed by atoms with Crippen LogP contribution in [-0.4, -0.2) is 51.6 Å². The molecule has 4 rings (SSSR count). The van der Waals surface area contributed by atoms with E-state index in [1.807, 2.05) is 54.4 Å². The van der Waals surface area contributed by atoms with Crippen LogP contribution in [0.2, 0.25) is 0 Å². The number of likely N-dealkylation sites (tertiary alicyclic amines) is 1. The fraction of sp³-hybridized carbons (Fsp3) is 0.296. The van der Waals surface area contributed by atoms with Crippen molar-refractivity contribution in [1.29, 1.82) is 5.41 Å². The maximum Gasteiger partial charge on any atom is 0.219 e. The lowest BCUT2D eigenvalue weighted by Gasteiger charge is -2.37. The molecule has 1 fully saturated rings. The highest BCUT2D eigenvalue weighted by Crippen LogP contribution is 2.31. The van der Waals surface area contributed by atoms with E-state index in [2.05, 4.69) is 22.5 Å². The molecule has 3 aromatic rings. The van der Waals surface area contributed by atoms with Gasteiger partial charge in [0.25, 0.3) is 0 Å². The second kappa shape index (κ2) is 10.9. The molecule has 3 N–H and O–H groups in total. The summed E-state index contributed by atoms with van der Waals surface area (Å²) >= 11 is 0. The number of carbonyl (C=O) groups is 1. The highest BCUT2D eigenvalue weighted by molar-refractivity contribution is 6.08. The van der Waals surface area contributed by atoms with Crippen LogP contribution in [0, 0.1) is 5.41 Å². The maximum atomic E-state index is 12.2. The molecule has 0 saturated carbocycles. The number of anilines is 2. The largest absolute Gasteiger partial charge is 0.393 e. The van der Waals surface area contributed by atoms with Gasteiger partial charge in [0.15, 0.2) is 0 Å². The zero-order valence-electron chi connectivity index (χ0n) is 20.3. The molecule has 2 atom stereocenters. The van der Waals surface area contributed by atoms with Crippen molar-refractivity contribution >= 4 is 29.2 Å². The highest BCUT2D eigenvalue weighted by atomic mass is 16.2. The van der Waals surface area contributed by atoms with Crippen LogP contribution >= 0.6 is 0 Å². The number of allylic oxidation sites excluding steroid dienone is 1. The number of nitrogens with zero attached hydrogens (tertiary/aromatic N) is 4. The number of hydrogen-bond donors (Lipinski definition) is 3. The second-order valence-corrected chi connectivity index (χ2v) is 8.77. The number of pyridine rings is 1. The Hall–Kier alpha value is -4.07. The summed E-state index contributed by atoms with van der Waals surface area (Å²) < 4.78 is 0. The standard InChI is InChI=1S/C27H31N7O/c1-18-9-10-22(17-34(18)19(2)35)27-32-25(21-7-5-11-30-16-21)13-26(33-27)31-24-8-4-6-20(12-24)23(14-28)15-29-3/h4-8,11-16,18,22,28-29H,9-10,17H2,1-3H3,(H,31,32,33)/b23-15+,28-14?/t18-,22+/m0/s1. The molecular formula is C27H31N7O. The minimum absolute atomic E-state index is 0.0571. The van der Waals surface area contributed by atoms with Crippen molar-refractivity contribution in [3.63, 3.8) is 0 Å². The number of hydrogen-bond acceptors (Lipinski definition) is 7. The predicted octanol–water partition coefficient (Wildman–Crippen LogP) is 4.61. The van der Waals surface area contributed by atoms with Gasteiger partial charge in [0, 0.05) is 80.2 Å². The van der Waals surface area contributed by atoms with Gasteiger partial charge in [-0.15, -0.1) is 0 Å². The number of nitrogens with one attached hydrogen (secondary N) is 3. The molecule has 3 heterocycles. The Kier molecular flexibility index (Phi) is 7.50. The molecule has 1 saturated heterocycles. The van der Waals surface area contributed by atoms with Crippen LogP contribution in [0.1, 0.15) is 44.0 Å². The third kappa shape index (κ3) is 5.71. The zero-order chi connectivity index (χ0) is 24.8. The molecule has 2 aromatic heterocycles. The summed E-state index contributed by atoms with van der Waals surface area (Å²) in [7, 11) is 1.81. The third-order valence-electron chi connectivity index (χ3n) is 6.28. The first-order chi connectivity index (χ1) is 17.0. The zero-order valence-corrected chi connectivity index (χ0v) is 20.3. The van der Waals surface area contributed by atoms with Gasteiger partial charge in [-0.1, -0.05) is 12.1 Å². The van der Waals surface area contributed by atoms with Crippen LogP contribution in [-0.2, 0) is 4.79 Å². The Balaban J connectivity index is 1.70. The van der Waals surface area contributed by atoms with Gasteiger partial charge >= 0.3 is 0 Å². The molecule has 0 spiro atoms. The van der Waals surface area contributed by atoms with Crippen molar-refractivity contribution in [3.05, 3.63) is 72.4 Å². The monoisotopic (exact) mass is 469 g/mol. The fourth-order valence-corrected chi connectivity index (χ4v) is 4.42. The Labute approximate surface area is 206 Å². The molecule has 0 bridgehead atoms. The number of aromatic nitrogens is 3. The number of carbonyl (C=O) groups excluding carboxylic acids is 1. The van der Waals surface area contributed by atoms with E-state index in [1.54, 1.807) is 25.5 Å². The van der Waals surface area contributed by atoms with E-state index in [0.29, 0.717) is 12.4 Å². The predicted molar refractivity (Wildman–Crippen MR) is 140 cm³/mol. The summed E-state index contributed by atoms with van der Waals surface area (Å²) in [4.78, 5) is 28.1. The van der Waals surface area contributed by atoms with Crippen molar-refractivity contribution in [2.75, 3.05) is 18.9 Å². The number of benzene rings is 1. The Morgan fingerprint density at radius 1 is 1.17 bits per heavy atom. The number of rotatable bonds is 7. The van der Waals surface area contributed by atoms with E-state index < -0.39 is 0 Å². The summed E-state index contributed by atoms with van der Waals surface area (Å²) in [6.07, 6.45) is 8.49. The normalized spacial score (nSPS) is 18.1. The molecule has 1 aromatic carbocycles. The lowest BCUT2D eigenvalue weighted by Crippen LogP contribution is -2.44. The van der Waals surface area contributed by atoms with Gasteiger partial charge in [0.1, 0.15) is 11.6 Å². The van der Waals surface area contributed by atoms with Gasteiger partial charge in [-0.3, -0.25) is 9.78 Å². The summed E-state index contributed by atoms with van der Waals surface area (Å²) in [5.74, 6) is 1.53. The summed E-state index contributed by atoms with van der Waals surface area (Å²) in [5.41, 5.74) is 4.24. The first-order valence-corrected chi connectivity index (χ1v) is 11.8. The van der Waals surface area contributed by atoms with E-state index >= 15 is 0 Å². The van der Waals surface area contributed by atoms with Crippen LogP contribution in [0.3, 0.4) is 0 Å². The van der Waals surface area contributed by atoms with Gasteiger partial charge in [-0.05, 0) is 49.6 Å². The van der Waals surface area contributed by atoms with Crippen molar-refractivity contribution in [2.24, 2.45) is 0 Å². The van der Waals surface area contributed by atoms with Gasteiger partial charge in [-0.25, -0.2) is 9.97 Å². The first-order valence-electron chi connectivity index (χ1n) is 11.8. The van der Waals surface area contributed by atoms with Crippen molar-refractivity contribution in [1.82, 2.24) is 25.2 Å². The molecule has 1 aliphatic rings. The molecule has 1 aliphatic heterocycles. The van der Waals surface area contributed by atoms with Crippen LogP contribution in [0.15, 0.2) is 61.1 Å². The van der Waals surface area contributed by atoms with Gasteiger partial charge in [-0.2, -0.15) is 0 Å². The van der Waals surface area contributed by atoms with Crippen molar-refractivity contribution in [3.8, 4) is 11.3 Å². The average molecular weight is 470 g/mol. The Morgan fingerprint density at radius 2 is 2.03 bits per heavy atom. The van der Waals surface area contributed by atoms with Gasteiger partial charge in [0.2, 0.25) is 5.91 Å². The van der Waals surface area contributed by atoms with E-state index in [4.69, 9.17) is 15.4 Å². The molecule has 35 heavy (non-hydrogen) atoms. The number of piperidine rings is 1. The summed E-state index contributed by atoms with van der Waals surface area (Å²) in [6.45, 7) is 4.33. The summed E-state index contributed by atoms with van der Waals surface area (Å²) in [6, 6.07) is 13.9. The second-order valence-electron chi connectivity index (χ2n) is 8.77. The van der Waals surface area contributed by atoms with Crippen LogP contribution < -0.4 is 10.6 Å². The molecule has 8 nitrogen and oxygen atoms in total. The summed E-state index contributed by atoms with van der Waals surface area (Å²) in [5, 5.41) is 14.1. The first kappa shape index (κ1) is 24.1. The molecule has 0 aliphatic carbocycles. The van der Waals surface area contributed by atoms with E-state index in [1.165, 1.54) is 6.21 Å². The van der Waals surface area contributed by atoms with Crippen LogP contribution in [0.4, 0.5) is 11.5 Å². The third-order valence-corrected chi connectivity index (χ3v) is 6.28. The Morgan fingerprint density at radius 3 is 2.74 bits per heavy atom. The van der Waals surface area contributed by atoms with Crippen LogP contribution in [0.5, 0.6) is 0 Å². The SMILES string of the molecule is CN/C=C(\C=N)c1cccc(Nc2cc(-c3cccnc3)nc([C@@H]3CC[C@H](C)N(C(C)=O)C3)n2)c1. The molecule has 0 unspecified atom stereocenters. The number of amides is 1. The van der Waals surface area contributed by atoms with E-state index in [9.17, 15) is 4.79 Å². The van der Waals surface area contributed by atoms with Crippen molar-refractivity contribution in [2.45, 2.75) is 38.6 Å². The van der Waals surface area contributed by atoms with E-state index in [0.717, 1.165) is 46.7 Å². The average Bonchev–Trinajstić information content (AvgIpc) is 2.88. The lowest BCUT2D eigenvalue weighted by molar-refractivity contribution is -0.132. The highest BCUT2D eigenvalue weighted by Gasteiger charge is 2.30. The minimum Gasteiger partial charge on any atom is -0.393 e. The molecule has 8 heteroatoms. The molecule has 1 amide bonds. The Bertz CT molecular complexity index is 1230. The minimum atomic E-state index is 0.0571. The van der Waals surface area contributed by atoms with Crippen LogP contribution in [0.25, 0.3) is 16.8 Å². The van der Waals surface area contributed by atoms with Gasteiger partial charge in [0.05, 0.1) is 5.69 Å².